The van der Waals surface area contributed by atoms with Crippen molar-refractivity contribution < 1.29 is 14.7 Å². The van der Waals surface area contributed by atoms with Crippen molar-refractivity contribution in [3.05, 3.63) is 24.0 Å². The van der Waals surface area contributed by atoms with Crippen LogP contribution in [0.1, 0.15) is 23.8 Å². The van der Waals surface area contributed by atoms with Gasteiger partial charge in [0.1, 0.15) is 11.7 Å². The molecule has 1 heterocycles. The largest absolute Gasteiger partial charge is 0.480 e. The maximum absolute atomic E-state index is 12.0. The second kappa shape index (κ2) is 7.10. The molecule has 1 amide bonds. The average molecular weight is 270 g/mol. The SMILES string of the molecule is CCn1cccc1C(=O)NC(CCSC)C(=O)O. The lowest BCUT2D eigenvalue weighted by atomic mass is 10.2. The van der Waals surface area contributed by atoms with Crippen LogP contribution in [0.15, 0.2) is 18.3 Å². The molecule has 1 aromatic rings. The topological polar surface area (TPSA) is 71.3 Å². The first-order chi connectivity index (χ1) is 8.60. The van der Waals surface area contributed by atoms with Crippen molar-refractivity contribution in [2.24, 2.45) is 0 Å². The summed E-state index contributed by atoms with van der Waals surface area (Å²) in [4.78, 5) is 23.0. The maximum Gasteiger partial charge on any atom is 0.326 e. The third-order valence-electron chi connectivity index (χ3n) is 2.62. The van der Waals surface area contributed by atoms with E-state index in [1.165, 1.54) is 0 Å². The van der Waals surface area contributed by atoms with Crippen LogP contribution >= 0.6 is 11.8 Å². The van der Waals surface area contributed by atoms with Gasteiger partial charge in [-0.05, 0) is 37.5 Å². The van der Waals surface area contributed by atoms with Gasteiger partial charge in [0.25, 0.3) is 5.91 Å². The first-order valence-corrected chi connectivity index (χ1v) is 7.17. The van der Waals surface area contributed by atoms with Crippen LogP contribution in [0, 0.1) is 0 Å². The van der Waals surface area contributed by atoms with E-state index in [9.17, 15) is 9.59 Å². The minimum absolute atomic E-state index is 0.338. The number of hydrogen-bond donors (Lipinski definition) is 2. The average Bonchev–Trinajstić information content (AvgIpc) is 2.82. The fourth-order valence-corrected chi connectivity index (χ4v) is 2.09. The summed E-state index contributed by atoms with van der Waals surface area (Å²) in [5, 5.41) is 11.6. The van der Waals surface area contributed by atoms with Gasteiger partial charge in [0.2, 0.25) is 0 Å². The number of carbonyl (C=O) groups is 2. The molecule has 0 bridgehead atoms. The second-order valence-corrected chi connectivity index (χ2v) is 4.81. The zero-order valence-electron chi connectivity index (χ0n) is 10.5. The first kappa shape index (κ1) is 14.6. The van der Waals surface area contributed by atoms with Gasteiger partial charge in [-0.25, -0.2) is 4.79 Å². The summed E-state index contributed by atoms with van der Waals surface area (Å²) in [5.41, 5.74) is 0.493. The molecule has 1 unspecified atom stereocenters. The monoisotopic (exact) mass is 270 g/mol. The Morgan fingerprint density at radius 3 is 2.83 bits per heavy atom. The number of nitrogens with zero attached hydrogens (tertiary/aromatic N) is 1. The van der Waals surface area contributed by atoms with Crippen LogP contribution in [-0.4, -0.2) is 39.6 Å². The Balaban J connectivity index is 2.69. The van der Waals surface area contributed by atoms with Gasteiger partial charge >= 0.3 is 5.97 Å². The first-order valence-electron chi connectivity index (χ1n) is 5.77. The fourth-order valence-electron chi connectivity index (χ4n) is 1.62. The Kier molecular flexibility index (Phi) is 5.77. The summed E-state index contributed by atoms with van der Waals surface area (Å²) in [7, 11) is 0. The maximum atomic E-state index is 12.0. The summed E-state index contributed by atoms with van der Waals surface area (Å²) in [5.74, 6) is -0.631. The Morgan fingerprint density at radius 2 is 2.28 bits per heavy atom. The predicted octanol–water partition coefficient (Wildman–Crippen LogP) is 1.44. The van der Waals surface area contributed by atoms with Crippen molar-refractivity contribution in [1.29, 1.82) is 0 Å². The van der Waals surface area contributed by atoms with Gasteiger partial charge in [-0.2, -0.15) is 11.8 Å². The highest BCUT2D eigenvalue weighted by Crippen LogP contribution is 2.05. The smallest absolute Gasteiger partial charge is 0.326 e. The van der Waals surface area contributed by atoms with Gasteiger partial charge in [-0.15, -0.1) is 0 Å². The highest BCUT2D eigenvalue weighted by molar-refractivity contribution is 7.98. The quantitative estimate of drug-likeness (QED) is 0.786. The zero-order chi connectivity index (χ0) is 13.5. The van der Waals surface area contributed by atoms with E-state index in [2.05, 4.69) is 5.32 Å². The van der Waals surface area contributed by atoms with Gasteiger partial charge in [0.15, 0.2) is 0 Å². The molecule has 0 aliphatic heterocycles. The summed E-state index contributed by atoms with van der Waals surface area (Å²) >= 11 is 1.56. The fraction of sp³-hybridized carbons (Fsp3) is 0.500. The lowest BCUT2D eigenvalue weighted by molar-refractivity contribution is -0.139. The van der Waals surface area contributed by atoms with E-state index < -0.39 is 12.0 Å². The molecule has 0 aliphatic carbocycles. The van der Waals surface area contributed by atoms with Crippen molar-refractivity contribution in [1.82, 2.24) is 9.88 Å². The molecule has 2 N–H and O–H groups in total. The minimum Gasteiger partial charge on any atom is -0.480 e. The second-order valence-electron chi connectivity index (χ2n) is 3.83. The molecule has 0 saturated heterocycles. The van der Waals surface area contributed by atoms with Crippen molar-refractivity contribution >= 4 is 23.6 Å². The molecule has 0 aliphatic rings. The van der Waals surface area contributed by atoms with Crippen LogP contribution in [0.5, 0.6) is 0 Å². The van der Waals surface area contributed by atoms with Crippen molar-refractivity contribution in [2.45, 2.75) is 25.9 Å². The third kappa shape index (κ3) is 3.80. The van der Waals surface area contributed by atoms with Crippen LogP contribution in [0.3, 0.4) is 0 Å². The van der Waals surface area contributed by atoms with E-state index in [0.29, 0.717) is 24.4 Å². The van der Waals surface area contributed by atoms with Gasteiger partial charge < -0.3 is 15.0 Å². The molecule has 0 fully saturated rings. The number of aliphatic carboxylic acids is 1. The van der Waals surface area contributed by atoms with E-state index in [4.69, 9.17) is 5.11 Å². The van der Waals surface area contributed by atoms with E-state index in [-0.39, 0.29) is 5.91 Å². The Labute approximate surface area is 111 Å². The van der Waals surface area contributed by atoms with Gasteiger partial charge in [0.05, 0.1) is 0 Å². The van der Waals surface area contributed by atoms with Gasteiger partial charge in [-0.3, -0.25) is 4.79 Å². The number of carboxylic acids is 1. The number of carbonyl (C=O) groups excluding carboxylic acids is 1. The van der Waals surface area contributed by atoms with Gasteiger partial charge in [0, 0.05) is 12.7 Å². The molecule has 0 radical (unpaired) electrons. The molecule has 100 valence electrons. The molecule has 0 spiro atoms. The Morgan fingerprint density at radius 1 is 1.56 bits per heavy atom. The van der Waals surface area contributed by atoms with Crippen LogP contribution in [0.25, 0.3) is 0 Å². The highest BCUT2D eigenvalue weighted by Gasteiger charge is 2.21. The normalized spacial score (nSPS) is 12.1. The molecule has 1 aromatic heterocycles. The summed E-state index contributed by atoms with van der Waals surface area (Å²) in [6.07, 6.45) is 4.13. The third-order valence-corrected chi connectivity index (χ3v) is 3.26. The van der Waals surface area contributed by atoms with Gasteiger partial charge in [-0.1, -0.05) is 0 Å². The van der Waals surface area contributed by atoms with Crippen molar-refractivity contribution in [2.75, 3.05) is 12.0 Å². The van der Waals surface area contributed by atoms with Crippen molar-refractivity contribution in [3.63, 3.8) is 0 Å². The van der Waals surface area contributed by atoms with Crippen LogP contribution in [0.2, 0.25) is 0 Å². The number of hydrogen-bond acceptors (Lipinski definition) is 3. The lowest BCUT2D eigenvalue weighted by Crippen LogP contribution is -2.41. The van der Waals surface area contributed by atoms with E-state index in [0.717, 1.165) is 0 Å². The summed E-state index contributed by atoms with van der Waals surface area (Å²) in [6.45, 7) is 2.61. The molecule has 0 saturated carbocycles. The van der Waals surface area contributed by atoms with E-state index in [1.54, 1.807) is 34.7 Å². The van der Waals surface area contributed by atoms with E-state index >= 15 is 0 Å². The number of nitrogens with one attached hydrogen (secondary N) is 1. The zero-order valence-corrected chi connectivity index (χ0v) is 11.4. The summed E-state index contributed by atoms with van der Waals surface area (Å²) < 4.78 is 1.78. The minimum atomic E-state index is -0.994. The molecular weight excluding hydrogens is 252 g/mol. The number of carboxylic acid groups (broad SMARTS) is 1. The number of aryl methyl sites for hydroxylation is 1. The van der Waals surface area contributed by atoms with Crippen molar-refractivity contribution in [3.8, 4) is 0 Å². The Hall–Kier alpha value is -1.43. The molecule has 5 nitrogen and oxygen atoms in total. The van der Waals surface area contributed by atoms with Crippen LogP contribution in [-0.2, 0) is 11.3 Å². The Bertz CT molecular complexity index is 417. The van der Waals surface area contributed by atoms with E-state index in [1.807, 2.05) is 13.2 Å². The molecule has 1 rings (SSSR count). The number of thioether (sulfide) groups is 1. The van der Waals surface area contributed by atoms with Crippen LogP contribution < -0.4 is 5.32 Å². The van der Waals surface area contributed by atoms with Crippen LogP contribution in [0.4, 0.5) is 0 Å². The number of amides is 1. The molecule has 6 heteroatoms. The lowest BCUT2D eigenvalue weighted by Gasteiger charge is -2.14. The molecule has 0 aromatic carbocycles. The number of aromatic nitrogens is 1. The molecule has 1 atom stereocenters. The molecular formula is C12H18N2O3S. The summed E-state index contributed by atoms with van der Waals surface area (Å²) in [6, 6.07) is 2.63. The predicted molar refractivity (Wildman–Crippen MR) is 72.0 cm³/mol. The standard InChI is InChI=1S/C12H18N2O3S/c1-3-14-7-4-5-10(14)11(15)13-9(12(16)17)6-8-18-2/h4-5,7,9H,3,6,8H2,1-2H3,(H,13,15)(H,16,17). The highest BCUT2D eigenvalue weighted by atomic mass is 32.2. The number of rotatable bonds is 7. The molecule has 18 heavy (non-hydrogen) atoms.